The Bertz CT molecular complexity index is 132. The Labute approximate surface area is 60.4 Å². The molecule has 0 unspecified atom stereocenters. The fourth-order valence-corrected chi connectivity index (χ4v) is 0.459. The van der Waals surface area contributed by atoms with Gasteiger partial charge in [0.25, 0.3) is 0 Å². The van der Waals surface area contributed by atoms with Crippen molar-refractivity contribution in [2.45, 2.75) is 25.5 Å². The topological polar surface area (TPSA) is 75.4 Å². The van der Waals surface area contributed by atoms with Gasteiger partial charge in [-0.25, -0.2) is 0 Å². The summed E-state index contributed by atoms with van der Waals surface area (Å²) in [6.45, 7) is 2.96. The zero-order valence-corrected chi connectivity index (χ0v) is 6.51. The molecule has 1 amide bonds. The lowest BCUT2D eigenvalue weighted by atomic mass is 9.96. The van der Waals surface area contributed by atoms with Crippen molar-refractivity contribution in [1.82, 2.24) is 5.32 Å². The van der Waals surface area contributed by atoms with Gasteiger partial charge in [-0.15, -0.1) is 0 Å². The van der Waals surface area contributed by atoms with Crippen LogP contribution in [0.5, 0.6) is 0 Å². The van der Waals surface area contributed by atoms with Gasteiger partial charge in [0, 0.05) is 7.05 Å². The quantitative estimate of drug-likeness (QED) is 0.459. The fraction of sp³-hybridized carbons (Fsp3) is 0.833. The van der Waals surface area contributed by atoms with Gasteiger partial charge in [0.05, 0.1) is 6.10 Å². The molecule has 0 saturated carbocycles. The van der Waals surface area contributed by atoms with Gasteiger partial charge >= 0.3 is 0 Å². The highest BCUT2D eigenvalue weighted by molar-refractivity contribution is 5.85. The van der Waals surface area contributed by atoms with Gasteiger partial charge in [0.15, 0.2) is 0 Å². The smallest absolute Gasteiger partial charge is 0.242 e. The predicted octanol–water partition coefficient (Wildman–Crippen LogP) is -1.17. The molecule has 10 heavy (non-hydrogen) atoms. The van der Waals surface area contributed by atoms with E-state index in [0.717, 1.165) is 0 Å². The van der Waals surface area contributed by atoms with E-state index in [0.29, 0.717) is 0 Å². The van der Waals surface area contributed by atoms with E-state index in [2.05, 4.69) is 5.32 Å². The van der Waals surface area contributed by atoms with Crippen molar-refractivity contribution >= 4 is 5.91 Å². The molecule has 0 aromatic heterocycles. The number of nitrogens with two attached hydrogens (primary N) is 1. The van der Waals surface area contributed by atoms with Crippen LogP contribution in [0.2, 0.25) is 0 Å². The van der Waals surface area contributed by atoms with Crippen LogP contribution in [0.3, 0.4) is 0 Å². The maximum atomic E-state index is 10.9. The van der Waals surface area contributed by atoms with Crippen LogP contribution in [0, 0.1) is 0 Å². The van der Waals surface area contributed by atoms with Gasteiger partial charge in [-0.05, 0) is 13.8 Å². The molecule has 0 aromatic rings. The number of aliphatic hydroxyl groups is 1. The average Bonchev–Trinajstić information content (AvgIpc) is 1.86. The standard InChI is InChI=1S/C6H14N2O2/c1-4(9)6(2,7)5(10)8-3/h4,9H,7H2,1-3H3,(H,8,10)/t4-,6+/m1/s1. The normalized spacial score (nSPS) is 19.3. The molecule has 0 aliphatic heterocycles. The Morgan fingerprint density at radius 2 is 2.20 bits per heavy atom. The Kier molecular flexibility index (Phi) is 2.80. The monoisotopic (exact) mass is 146 g/mol. The lowest BCUT2D eigenvalue weighted by molar-refractivity contribution is -0.128. The third kappa shape index (κ3) is 1.68. The van der Waals surface area contributed by atoms with Crippen molar-refractivity contribution in [1.29, 1.82) is 0 Å². The van der Waals surface area contributed by atoms with Crippen LogP contribution in [0.15, 0.2) is 0 Å². The van der Waals surface area contributed by atoms with E-state index in [4.69, 9.17) is 10.8 Å². The number of rotatable bonds is 2. The van der Waals surface area contributed by atoms with Crippen LogP contribution in [0.4, 0.5) is 0 Å². The molecule has 4 N–H and O–H groups in total. The minimum atomic E-state index is -1.19. The molecular formula is C6H14N2O2. The number of hydrogen-bond donors (Lipinski definition) is 3. The first-order valence-electron chi connectivity index (χ1n) is 3.12. The third-order valence-electron chi connectivity index (χ3n) is 1.58. The van der Waals surface area contributed by atoms with E-state index >= 15 is 0 Å². The van der Waals surface area contributed by atoms with Crippen LogP contribution in [-0.4, -0.2) is 29.7 Å². The van der Waals surface area contributed by atoms with Crippen molar-refractivity contribution in [3.05, 3.63) is 0 Å². The van der Waals surface area contributed by atoms with Gasteiger partial charge in [-0.1, -0.05) is 0 Å². The Balaban J connectivity index is 4.24. The largest absolute Gasteiger partial charge is 0.391 e. The van der Waals surface area contributed by atoms with Crippen LogP contribution >= 0.6 is 0 Å². The molecule has 0 rings (SSSR count). The van der Waals surface area contributed by atoms with E-state index in [1.165, 1.54) is 20.9 Å². The summed E-state index contributed by atoms with van der Waals surface area (Å²) >= 11 is 0. The Hall–Kier alpha value is -0.610. The van der Waals surface area contributed by atoms with Crippen molar-refractivity contribution in [2.75, 3.05) is 7.05 Å². The maximum Gasteiger partial charge on any atom is 0.242 e. The fourth-order valence-electron chi connectivity index (χ4n) is 0.459. The number of amides is 1. The number of likely N-dealkylation sites (N-methyl/N-ethyl adjacent to an activating group) is 1. The Morgan fingerprint density at radius 3 is 2.30 bits per heavy atom. The summed E-state index contributed by atoms with van der Waals surface area (Å²) in [5, 5.41) is 11.4. The second kappa shape index (κ2) is 2.98. The lowest BCUT2D eigenvalue weighted by Gasteiger charge is -2.25. The first-order valence-corrected chi connectivity index (χ1v) is 3.12. The van der Waals surface area contributed by atoms with Crippen molar-refractivity contribution in [3.8, 4) is 0 Å². The first-order chi connectivity index (χ1) is 4.42. The second-order valence-corrected chi connectivity index (χ2v) is 2.54. The highest BCUT2D eigenvalue weighted by Crippen LogP contribution is 2.04. The number of aliphatic hydroxyl groups excluding tert-OH is 1. The van der Waals surface area contributed by atoms with Crippen molar-refractivity contribution < 1.29 is 9.90 Å². The molecule has 0 fully saturated rings. The third-order valence-corrected chi connectivity index (χ3v) is 1.58. The van der Waals surface area contributed by atoms with Gasteiger partial charge < -0.3 is 16.2 Å². The first kappa shape index (κ1) is 9.39. The molecule has 0 aliphatic carbocycles. The molecule has 0 spiro atoms. The zero-order chi connectivity index (χ0) is 8.36. The van der Waals surface area contributed by atoms with Gasteiger partial charge in [0.1, 0.15) is 5.54 Å². The van der Waals surface area contributed by atoms with E-state index in [9.17, 15) is 4.79 Å². The molecule has 60 valence electrons. The number of carbonyl (C=O) groups is 1. The molecule has 4 nitrogen and oxygen atoms in total. The van der Waals surface area contributed by atoms with Gasteiger partial charge in [0.2, 0.25) is 5.91 Å². The van der Waals surface area contributed by atoms with Crippen molar-refractivity contribution in [2.24, 2.45) is 5.73 Å². The van der Waals surface area contributed by atoms with Crippen LogP contribution in [0.1, 0.15) is 13.8 Å². The summed E-state index contributed by atoms with van der Waals surface area (Å²) in [7, 11) is 1.48. The van der Waals surface area contributed by atoms with Gasteiger partial charge in [-0.3, -0.25) is 4.79 Å². The number of nitrogens with one attached hydrogen (secondary N) is 1. The highest BCUT2D eigenvalue weighted by atomic mass is 16.3. The van der Waals surface area contributed by atoms with E-state index in [1.54, 1.807) is 0 Å². The summed E-state index contributed by atoms with van der Waals surface area (Å²) in [6.07, 6.45) is -0.840. The summed E-state index contributed by atoms with van der Waals surface area (Å²) < 4.78 is 0. The summed E-state index contributed by atoms with van der Waals surface area (Å²) in [4.78, 5) is 10.9. The average molecular weight is 146 g/mol. The van der Waals surface area contributed by atoms with Crippen LogP contribution in [-0.2, 0) is 4.79 Å². The van der Waals surface area contributed by atoms with E-state index in [-0.39, 0.29) is 5.91 Å². The molecular weight excluding hydrogens is 132 g/mol. The second-order valence-electron chi connectivity index (χ2n) is 2.54. The molecule has 0 heterocycles. The predicted molar refractivity (Wildman–Crippen MR) is 38.3 cm³/mol. The maximum absolute atomic E-state index is 10.9. The molecule has 0 saturated heterocycles. The van der Waals surface area contributed by atoms with Crippen molar-refractivity contribution in [3.63, 3.8) is 0 Å². The number of hydrogen-bond acceptors (Lipinski definition) is 3. The lowest BCUT2D eigenvalue weighted by Crippen LogP contribution is -2.57. The highest BCUT2D eigenvalue weighted by Gasteiger charge is 2.32. The zero-order valence-electron chi connectivity index (χ0n) is 6.51. The van der Waals surface area contributed by atoms with Crippen LogP contribution < -0.4 is 11.1 Å². The summed E-state index contributed by atoms with van der Waals surface area (Å²) in [5.74, 6) is -0.359. The molecule has 0 aromatic carbocycles. The number of carbonyl (C=O) groups excluding carboxylic acids is 1. The Morgan fingerprint density at radius 1 is 1.80 bits per heavy atom. The summed E-state index contributed by atoms with van der Waals surface area (Å²) in [6, 6.07) is 0. The minimum absolute atomic E-state index is 0.359. The molecule has 0 aliphatic rings. The molecule has 2 atom stereocenters. The van der Waals surface area contributed by atoms with E-state index < -0.39 is 11.6 Å². The SMILES string of the molecule is CNC(=O)[C@@](C)(N)[C@@H](C)O. The summed E-state index contributed by atoms with van der Waals surface area (Å²) in [5.41, 5.74) is 4.27. The molecule has 4 heteroatoms. The molecule has 0 bridgehead atoms. The van der Waals surface area contributed by atoms with Gasteiger partial charge in [-0.2, -0.15) is 0 Å². The molecule has 0 radical (unpaired) electrons. The van der Waals surface area contributed by atoms with E-state index in [1.807, 2.05) is 0 Å². The van der Waals surface area contributed by atoms with Crippen LogP contribution in [0.25, 0.3) is 0 Å². The minimum Gasteiger partial charge on any atom is -0.391 e.